The van der Waals surface area contributed by atoms with E-state index in [2.05, 4.69) is 12.2 Å². The van der Waals surface area contributed by atoms with E-state index in [9.17, 15) is 5.11 Å². The quantitative estimate of drug-likeness (QED) is 0.585. The largest absolute Gasteiger partial charge is 0.386 e. The van der Waals surface area contributed by atoms with Gasteiger partial charge in [-0.3, -0.25) is 0 Å². The Morgan fingerprint density at radius 2 is 2.09 bits per heavy atom. The van der Waals surface area contributed by atoms with Gasteiger partial charge in [0.2, 0.25) is 0 Å². The molecule has 0 aromatic rings. The van der Waals surface area contributed by atoms with Crippen molar-refractivity contribution in [3.8, 4) is 0 Å². The van der Waals surface area contributed by atoms with Crippen LogP contribution in [0.1, 0.15) is 26.2 Å². The standard InChI is InChI=1S/C9H17NO/c1-2-3-4-9(11)5-7-10-8-6-9/h3-4,10-11H,2,5-8H2,1H3/b4-3+. The zero-order chi connectivity index (χ0) is 8.16. The predicted octanol–water partition coefficient (Wildman–Crippen LogP) is 1.07. The summed E-state index contributed by atoms with van der Waals surface area (Å²) in [6.45, 7) is 3.95. The Hall–Kier alpha value is -0.340. The first-order valence-corrected chi connectivity index (χ1v) is 4.38. The highest BCUT2D eigenvalue weighted by Crippen LogP contribution is 2.19. The zero-order valence-corrected chi connectivity index (χ0v) is 7.14. The summed E-state index contributed by atoms with van der Waals surface area (Å²) < 4.78 is 0. The average Bonchev–Trinajstić information content (AvgIpc) is 2.03. The van der Waals surface area contributed by atoms with Crippen LogP contribution in [0.25, 0.3) is 0 Å². The van der Waals surface area contributed by atoms with Crippen LogP contribution in [0.4, 0.5) is 0 Å². The molecule has 1 aliphatic rings. The van der Waals surface area contributed by atoms with Crippen LogP contribution in [0.2, 0.25) is 0 Å². The van der Waals surface area contributed by atoms with Gasteiger partial charge in [-0.25, -0.2) is 0 Å². The van der Waals surface area contributed by atoms with E-state index in [4.69, 9.17) is 0 Å². The summed E-state index contributed by atoms with van der Waals surface area (Å²) in [5.41, 5.74) is -0.513. The number of aliphatic hydroxyl groups is 1. The summed E-state index contributed by atoms with van der Waals surface area (Å²) in [7, 11) is 0. The topological polar surface area (TPSA) is 32.3 Å². The predicted molar refractivity (Wildman–Crippen MR) is 46.5 cm³/mol. The zero-order valence-electron chi connectivity index (χ0n) is 7.14. The van der Waals surface area contributed by atoms with Gasteiger partial charge in [0, 0.05) is 0 Å². The SMILES string of the molecule is CC/C=C/C1(O)CCNCC1. The minimum atomic E-state index is -0.513. The molecule has 64 valence electrons. The molecule has 0 bridgehead atoms. The Bertz CT molecular complexity index is 136. The fourth-order valence-electron chi connectivity index (χ4n) is 1.36. The van der Waals surface area contributed by atoms with Crippen molar-refractivity contribution >= 4 is 0 Å². The number of hydrogen-bond acceptors (Lipinski definition) is 2. The van der Waals surface area contributed by atoms with E-state index < -0.39 is 5.60 Å². The Morgan fingerprint density at radius 1 is 1.45 bits per heavy atom. The van der Waals surface area contributed by atoms with E-state index in [1.165, 1.54) is 0 Å². The first-order valence-electron chi connectivity index (χ1n) is 4.38. The average molecular weight is 155 g/mol. The maximum atomic E-state index is 9.88. The van der Waals surface area contributed by atoms with Gasteiger partial charge in [-0.15, -0.1) is 0 Å². The minimum Gasteiger partial charge on any atom is -0.386 e. The molecule has 0 aromatic heterocycles. The summed E-state index contributed by atoms with van der Waals surface area (Å²) >= 11 is 0. The molecule has 11 heavy (non-hydrogen) atoms. The maximum Gasteiger partial charge on any atom is 0.0851 e. The van der Waals surface area contributed by atoms with Crippen molar-refractivity contribution in [2.45, 2.75) is 31.8 Å². The third-order valence-corrected chi connectivity index (χ3v) is 2.13. The molecule has 0 aliphatic carbocycles. The molecule has 0 amide bonds. The van der Waals surface area contributed by atoms with Crippen molar-refractivity contribution in [2.75, 3.05) is 13.1 Å². The summed E-state index contributed by atoms with van der Waals surface area (Å²) in [4.78, 5) is 0. The fraction of sp³-hybridized carbons (Fsp3) is 0.778. The van der Waals surface area contributed by atoms with Crippen LogP contribution in [0.3, 0.4) is 0 Å². The van der Waals surface area contributed by atoms with Gasteiger partial charge in [-0.1, -0.05) is 19.1 Å². The van der Waals surface area contributed by atoms with Crippen LogP contribution < -0.4 is 5.32 Å². The van der Waals surface area contributed by atoms with Crippen LogP contribution in [0, 0.1) is 0 Å². The van der Waals surface area contributed by atoms with Crippen LogP contribution >= 0.6 is 0 Å². The van der Waals surface area contributed by atoms with Gasteiger partial charge in [0.25, 0.3) is 0 Å². The van der Waals surface area contributed by atoms with Gasteiger partial charge < -0.3 is 10.4 Å². The number of allylic oxidation sites excluding steroid dienone is 1. The summed E-state index contributed by atoms with van der Waals surface area (Å²) in [6, 6.07) is 0. The van der Waals surface area contributed by atoms with Crippen molar-refractivity contribution in [2.24, 2.45) is 0 Å². The molecule has 0 spiro atoms. The minimum absolute atomic E-state index is 0.513. The van der Waals surface area contributed by atoms with Gasteiger partial charge in [-0.2, -0.15) is 0 Å². The Labute approximate surface area is 68.3 Å². The molecule has 1 saturated heterocycles. The first kappa shape index (κ1) is 8.75. The summed E-state index contributed by atoms with van der Waals surface area (Å²) in [5, 5.41) is 13.1. The van der Waals surface area contributed by atoms with Gasteiger partial charge in [0.15, 0.2) is 0 Å². The Balaban J connectivity index is 2.43. The van der Waals surface area contributed by atoms with E-state index in [0.717, 1.165) is 32.4 Å². The van der Waals surface area contributed by atoms with Crippen LogP contribution in [0.15, 0.2) is 12.2 Å². The van der Waals surface area contributed by atoms with Gasteiger partial charge in [-0.05, 0) is 32.4 Å². The second kappa shape index (κ2) is 3.88. The molecular weight excluding hydrogens is 138 g/mol. The fourth-order valence-corrected chi connectivity index (χ4v) is 1.36. The highest BCUT2D eigenvalue weighted by molar-refractivity contribution is 5.02. The van der Waals surface area contributed by atoms with Crippen LogP contribution in [-0.2, 0) is 0 Å². The van der Waals surface area contributed by atoms with Crippen molar-refractivity contribution in [3.63, 3.8) is 0 Å². The van der Waals surface area contributed by atoms with E-state index in [1.807, 2.05) is 12.2 Å². The molecule has 2 N–H and O–H groups in total. The molecule has 0 atom stereocenters. The third kappa shape index (κ3) is 2.64. The smallest absolute Gasteiger partial charge is 0.0851 e. The molecule has 0 saturated carbocycles. The molecule has 0 unspecified atom stereocenters. The van der Waals surface area contributed by atoms with Crippen LogP contribution in [-0.4, -0.2) is 23.8 Å². The van der Waals surface area contributed by atoms with E-state index in [0.29, 0.717) is 0 Å². The molecule has 2 nitrogen and oxygen atoms in total. The molecular formula is C9H17NO. The first-order chi connectivity index (χ1) is 5.27. The lowest BCUT2D eigenvalue weighted by Gasteiger charge is -2.29. The van der Waals surface area contributed by atoms with Crippen molar-refractivity contribution in [1.29, 1.82) is 0 Å². The summed E-state index contributed by atoms with van der Waals surface area (Å²) in [5.74, 6) is 0. The molecule has 1 heterocycles. The number of hydrogen-bond donors (Lipinski definition) is 2. The molecule has 1 aliphatic heterocycles. The Morgan fingerprint density at radius 3 is 2.64 bits per heavy atom. The van der Waals surface area contributed by atoms with E-state index in [1.54, 1.807) is 0 Å². The normalized spacial score (nSPS) is 24.2. The highest BCUT2D eigenvalue weighted by atomic mass is 16.3. The lowest BCUT2D eigenvalue weighted by molar-refractivity contribution is 0.0579. The summed E-state index contributed by atoms with van der Waals surface area (Å²) in [6.07, 6.45) is 6.71. The third-order valence-electron chi connectivity index (χ3n) is 2.13. The highest BCUT2D eigenvalue weighted by Gasteiger charge is 2.25. The van der Waals surface area contributed by atoms with E-state index >= 15 is 0 Å². The molecule has 0 radical (unpaired) electrons. The molecule has 2 heteroatoms. The van der Waals surface area contributed by atoms with Crippen molar-refractivity contribution in [1.82, 2.24) is 5.32 Å². The number of piperidine rings is 1. The molecule has 1 fully saturated rings. The second-order valence-corrected chi connectivity index (χ2v) is 3.16. The molecule has 1 rings (SSSR count). The lowest BCUT2D eigenvalue weighted by Crippen LogP contribution is -2.40. The van der Waals surface area contributed by atoms with Gasteiger partial charge in [0.05, 0.1) is 5.60 Å². The van der Waals surface area contributed by atoms with E-state index in [-0.39, 0.29) is 0 Å². The lowest BCUT2D eigenvalue weighted by atomic mass is 9.92. The number of nitrogens with one attached hydrogen (secondary N) is 1. The van der Waals surface area contributed by atoms with Crippen LogP contribution in [0.5, 0.6) is 0 Å². The van der Waals surface area contributed by atoms with Crippen molar-refractivity contribution in [3.05, 3.63) is 12.2 Å². The number of rotatable bonds is 2. The molecule has 0 aromatic carbocycles. The van der Waals surface area contributed by atoms with Gasteiger partial charge >= 0.3 is 0 Å². The Kier molecular flexibility index (Phi) is 3.09. The maximum absolute atomic E-state index is 9.88. The second-order valence-electron chi connectivity index (χ2n) is 3.16. The monoisotopic (exact) mass is 155 g/mol. The van der Waals surface area contributed by atoms with Crippen molar-refractivity contribution < 1.29 is 5.11 Å². The van der Waals surface area contributed by atoms with Gasteiger partial charge in [0.1, 0.15) is 0 Å².